The fourth-order valence-corrected chi connectivity index (χ4v) is 1.74. The van der Waals surface area contributed by atoms with E-state index in [1.165, 1.54) is 0 Å². The Morgan fingerprint density at radius 1 is 1.26 bits per heavy atom. The Balaban J connectivity index is 2.11. The molecule has 0 bridgehead atoms. The molecule has 0 aromatic carbocycles. The fourth-order valence-electron chi connectivity index (χ4n) is 1.74. The summed E-state index contributed by atoms with van der Waals surface area (Å²) in [6, 6.07) is 0. The normalized spacial score (nSPS) is 19.2. The number of aromatic nitrogens is 3. The summed E-state index contributed by atoms with van der Waals surface area (Å²) in [7, 11) is 1.92. The molecule has 0 radical (unpaired) electrons. The molecular weight excluding hydrogens is 244 g/mol. The quantitative estimate of drug-likeness (QED) is 0.561. The number of nitrogens with one attached hydrogen (secondary N) is 3. The van der Waals surface area contributed by atoms with Crippen LogP contribution in [0.1, 0.15) is 27.2 Å². The Morgan fingerprint density at radius 3 is 2.53 bits per heavy atom. The third-order valence-electron chi connectivity index (χ3n) is 2.80. The van der Waals surface area contributed by atoms with Crippen molar-refractivity contribution in [3.63, 3.8) is 0 Å². The van der Waals surface area contributed by atoms with Gasteiger partial charge in [0, 0.05) is 12.1 Å². The summed E-state index contributed by atoms with van der Waals surface area (Å²) in [4.78, 5) is 14.7. The lowest BCUT2D eigenvalue weighted by Crippen LogP contribution is -2.55. The van der Waals surface area contributed by atoms with Crippen LogP contribution in [0.3, 0.4) is 0 Å². The number of nitrogen functional groups attached to an aromatic ring is 1. The van der Waals surface area contributed by atoms with Crippen LogP contribution in [-0.4, -0.2) is 40.2 Å². The first-order valence-corrected chi connectivity index (χ1v) is 6.38. The summed E-state index contributed by atoms with van der Waals surface area (Å²) in [6.07, 6.45) is 1.34. The number of hydrogen-bond donors (Lipinski definition) is 4. The van der Waals surface area contributed by atoms with E-state index < -0.39 is 0 Å². The number of anilines is 3. The maximum absolute atomic E-state index is 5.73. The smallest absolute Gasteiger partial charge is 0.243 e. The molecule has 8 nitrogen and oxygen atoms in total. The van der Waals surface area contributed by atoms with Gasteiger partial charge in [-0.1, -0.05) is 0 Å². The van der Waals surface area contributed by atoms with Gasteiger partial charge in [-0.05, 0) is 34.2 Å². The summed E-state index contributed by atoms with van der Waals surface area (Å²) in [5.41, 5.74) is 11.7. The third kappa shape index (κ3) is 3.42. The molecule has 1 unspecified atom stereocenters. The van der Waals surface area contributed by atoms with Gasteiger partial charge in [0.15, 0.2) is 0 Å². The minimum atomic E-state index is -0.0914. The van der Waals surface area contributed by atoms with E-state index in [4.69, 9.17) is 5.73 Å². The largest absolute Gasteiger partial charge is 0.368 e. The highest BCUT2D eigenvalue weighted by Gasteiger charge is 2.29. The molecule has 8 heteroatoms. The van der Waals surface area contributed by atoms with Gasteiger partial charge in [0.1, 0.15) is 0 Å². The molecule has 1 aromatic rings. The predicted molar refractivity (Wildman–Crippen MR) is 75.6 cm³/mol. The van der Waals surface area contributed by atoms with E-state index in [1.54, 1.807) is 0 Å². The zero-order valence-corrected chi connectivity index (χ0v) is 11.9. The van der Waals surface area contributed by atoms with Crippen molar-refractivity contribution < 1.29 is 0 Å². The van der Waals surface area contributed by atoms with Gasteiger partial charge in [0.05, 0.1) is 6.17 Å². The van der Waals surface area contributed by atoms with Gasteiger partial charge in [0.2, 0.25) is 17.8 Å². The highest BCUT2D eigenvalue weighted by molar-refractivity contribution is 5.44. The zero-order chi connectivity index (χ0) is 14.0. The molecule has 1 saturated heterocycles. The first-order chi connectivity index (χ1) is 8.89. The second-order valence-electron chi connectivity index (χ2n) is 5.60. The van der Waals surface area contributed by atoms with E-state index in [0.29, 0.717) is 11.9 Å². The van der Waals surface area contributed by atoms with Crippen molar-refractivity contribution in [3.05, 3.63) is 0 Å². The number of nitrogens with zero attached hydrogens (tertiary/aromatic N) is 4. The summed E-state index contributed by atoms with van der Waals surface area (Å²) in [5, 5.41) is 3.19. The molecule has 106 valence electrons. The van der Waals surface area contributed by atoms with Gasteiger partial charge in [0.25, 0.3) is 0 Å². The van der Waals surface area contributed by atoms with Crippen molar-refractivity contribution in [2.24, 2.45) is 0 Å². The van der Waals surface area contributed by atoms with Gasteiger partial charge in [-0.25, -0.2) is 5.43 Å². The van der Waals surface area contributed by atoms with E-state index >= 15 is 0 Å². The molecule has 1 atom stereocenters. The van der Waals surface area contributed by atoms with Crippen molar-refractivity contribution in [1.29, 1.82) is 0 Å². The second-order valence-corrected chi connectivity index (χ2v) is 5.60. The molecule has 19 heavy (non-hydrogen) atoms. The zero-order valence-electron chi connectivity index (χ0n) is 11.9. The molecule has 0 spiro atoms. The molecule has 1 aromatic heterocycles. The minimum Gasteiger partial charge on any atom is -0.368 e. The maximum Gasteiger partial charge on any atom is 0.243 e. The third-order valence-corrected chi connectivity index (χ3v) is 2.80. The maximum atomic E-state index is 5.73. The van der Waals surface area contributed by atoms with Gasteiger partial charge >= 0.3 is 0 Å². The average Bonchev–Trinajstić information content (AvgIpc) is 2.24. The van der Waals surface area contributed by atoms with E-state index in [-0.39, 0.29) is 17.7 Å². The van der Waals surface area contributed by atoms with Crippen LogP contribution in [0.25, 0.3) is 0 Å². The summed E-state index contributed by atoms with van der Waals surface area (Å²) < 4.78 is 0. The van der Waals surface area contributed by atoms with Crippen LogP contribution in [0, 0.1) is 0 Å². The number of hydrogen-bond acceptors (Lipinski definition) is 8. The van der Waals surface area contributed by atoms with Crippen LogP contribution in [0.5, 0.6) is 0 Å². The molecule has 5 N–H and O–H groups in total. The summed E-state index contributed by atoms with van der Waals surface area (Å²) in [5.74, 6) is 1.24. The van der Waals surface area contributed by atoms with Crippen LogP contribution >= 0.6 is 0 Å². The fraction of sp³-hybridized carbons (Fsp3) is 0.727. The minimum absolute atomic E-state index is 0.0914. The molecule has 0 amide bonds. The Bertz CT molecular complexity index is 439. The van der Waals surface area contributed by atoms with Gasteiger partial charge in [-0.2, -0.15) is 15.0 Å². The Hall–Kier alpha value is -1.67. The SMILES string of the molecule is CNC1CCN1c1nc(N)nc(NNC(C)(C)C)n1. The lowest BCUT2D eigenvalue weighted by atomic mass is 10.1. The Labute approximate surface area is 113 Å². The summed E-state index contributed by atoms with van der Waals surface area (Å²) in [6.45, 7) is 7.04. The van der Waals surface area contributed by atoms with E-state index in [9.17, 15) is 0 Å². The lowest BCUT2D eigenvalue weighted by molar-refractivity contribution is 0.391. The summed E-state index contributed by atoms with van der Waals surface area (Å²) >= 11 is 0. The number of hydrazine groups is 1. The van der Waals surface area contributed by atoms with Crippen molar-refractivity contribution in [2.45, 2.75) is 38.9 Å². The van der Waals surface area contributed by atoms with Crippen molar-refractivity contribution >= 4 is 17.8 Å². The molecule has 2 rings (SSSR count). The van der Waals surface area contributed by atoms with E-state index in [1.807, 2.05) is 27.8 Å². The van der Waals surface area contributed by atoms with Crippen molar-refractivity contribution in [2.75, 3.05) is 29.7 Å². The molecule has 1 aliphatic heterocycles. The molecular formula is C11H22N8. The molecule has 1 aliphatic rings. The molecule has 0 aliphatic carbocycles. The highest BCUT2D eigenvalue weighted by Crippen LogP contribution is 2.22. The molecule has 2 heterocycles. The Kier molecular flexibility index (Phi) is 3.72. The monoisotopic (exact) mass is 266 g/mol. The van der Waals surface area contributed by atoms with Crippen molar-refractivity contribution in [3.8, 4) is 0 Å². The standard InChI is InChI=1S/C11H22N8/c1-11(2,3)18-17-9-14-8(12)15-10(16-9)19-6-5-7(19)13-4/h7,13,18H,5-6H2,1-4H3,(H3,12,14,15,16,17). The second kappa shape index (κ2) is 5.14. The predicted octanol–water partition coefficient (Wildman–Crippen LogP) is -0.0756. The highest BCUT2D eigenvalue weighted by atomic mass is 15.5. The average molecular weight is 266 g/mol. The Morgan fingerprint density at radius 2 is 2.00 bits per heavy atom. The van der Waals surface area contributed by atoms with Crippen LogP contribution in [0.2, 0.25) is 0 Å². The van der Waals surface area contributed by atoms with E-state index in [2.05, 4.69) is 36.0 Å². The molecule has 1 fully saturated rings. The topological polar surface area (TPSA) is 104 Å². The van der Waals surface area contributed by atoms with Crippen LogP contribution in [0.15, 0.2) is 0 Å². The van der Waals surface area contributed by atoms with Crippen LogP contribution in [0.4, 0.5) is 17.8 Å². The lowest BCUT2D eigenvalue weighted by Gasteiger charge is -2.40. The molecule has 0 saturated carbocycles. The first kappa shape index (κ1) is 13.8. The number of nitrogens with two attached hydrogens (primary N) is 1. The van der Waals surface area contributed by atoms with Gasteiger partial charge in [-0.15, -0.1) is 0 Å². The van der Waals surface area contributed by atoms with Crippen molar-refractivity contribution in [1.82, 2.24) is 25.7 Å². The number of rotatable bonds is 4. The van der Waals surface area contributed by atoms with Crippen LogP contribution in [-0.2, 0) is 0 Å². The van der Waals surface area contributed by atoms with Gasteiger partial charge < -0.3 is 16.0 Å². The van der Waals surface area contributed by atoms with E-state index in [0.717, 1.165) is 13.0 Å². The first-order valence-electron chi connectivity index (χ1n) is 6.38. The van der Waals surface area contributed by atoms with Crippen LogP contribution < -0.4 is 26.8 Å². The van der Waals surface area contributed by atoms with Gasteiger partial charge in [-0.3, -0.25) is 5.43 Å².